The smallest absolute Gasteiger partial charge is 0.335 e. The monoisotopic (exact) mass is 520 g/mol. The Labute approximate surface area is 223 Å². The van der Waals surface area contributed by atoms with Crippen molar-refractivity contribution in [3.63, 3.8) is 0 Å². The predicted molar refractivity (Wildman–Crippen MR) is 141 cm³/mol. The Bertz CT molecular complexity index is 1160. The van der Waals surface area contributed by atoms with E-state index >= 15 is 0 Å². The lowest BCUT2D eigenvalue weighted by Gasteiger charge is -2.57. The van der Waals surface area contributed by atoms with Crippen LogP contribution in [0.1, 0.15) is 88.5 Å². The lowest BCUT2D eigenvalue weighted by molar-refractivity contribution is -0.0817. The quantitative estimate of drug-likeness (QED) is 0.166. The molecule has 0 amide bonds. The molecule has 0 saturated heterocycles. The van der Waals surface area contributed by atoms with E-state index in [4.69, 9.17) is 19.3 Å². The molecule has 0 spiro atoms. The fraction of sp³-hybridized carbons (Fsp3) is 0.516. The van der Waals surface area contributed by atoms with Crippen molar-refractivity contribution in [3.8, 4) is 5.75 Å². The van der Waals surface area contributed by atoms with Crippen LogP contribution in [0.5, 0.6) is 5.75 Å². The topological polar surface area (TPSA) is 99.1 Å². The van der Waals surface area contributed by atoms with Crippen LogP contribution < -0.4 is 4.74 Å². The van der Waals surface area contributed by atoms with Crippen molar-refractivity contribution in [1.82, 2.24) is 0 Å². The van der Waals surface area contributed by atoms with Gasteiger partial charge in [-0.15, -0.1) is 0 Å². The summed E-state index contributed by atoms with van der Waals surface area (Å²) in [5.74, 6) is 1.28. The zero-order valence-corrected chi connectivity index (χ0v) is 22.1. The number of aromatic carboxylic acids is 1. The third kappa shape index (κ3) is 5.54. The van der Waals surface area contributed by atoms with Crippen LogP contribution in [0.15, 0.2) is 42.5 Å². The number of Topliss-reactive ketones (excluding diaryl/α,β-unsaturated/α-hetero) is 2. The van der Waals surface area contributed by atoms with Crippen molar-refractivity contribution >= 4 is 17.5 Å². The molecule has 2 aromatic rings. The van der Waals surface area contributed by atoms with E-state index in [1.165, 1.54) is 43.5 Å². The lowest BCUT2D eigenvalue weighted by atomic mass is 9.48. The van der Waals surface area contributed by atoms with Gasteiger partial charge in [0.05, 0.1) is 25.2 Å². The molecule has 0 aromatic heterocycles. The van der Waals surface area contributed by atoms with Gasteiger partial charge in [0.1, 0.15) is 5.75 Å². The largest absolute Gasteiger partial charge is 0.478 e. The number of rotatable bonds is 12. The molecule has 1 N–H and O–H groups in total. The number of ketones is 2. The summed E-state index contributed by atoms with van der Waals surface area (Å²) < 4.78 is 17.1. The van der Waals surface area contributed by atoms with Gasteiger partial charge in [-0.1, -0.05) is 12.1 Å². The van der Waals surface area contributed by atoms with Gasteiger partial charge in [0.2, 0.25) is 0 Å². The molecule has 4 bridgehead atoms. The Morgan fingerprint density at radius 1 is 0.868 bits per heavy atom. The number of carboxylic acid groups (broad SMARTS) is 1. The normalized spacial score (nSPS) is 26.2. The van der Waals surface area contributed by atoms with Crippen LogP contribution in [0, 0.1) is 17.8 Å². The molecular formula is C31H36O7. The second-order valence-corrected chi connectivity index (χ2v) is 11.4. The second-order valence-electron chi connectivity index (χ2n) is 11.4. The molecule has 38 heavy (non-hydrogen) atoms. The van der Waals surface area contributed by atoms with Gasteiger partial charge in [-0.2, -0.15) is 0 Å². The Kier molecular flexibility index (Phi) is 7.68. The molecule has 0 aliphatic heterocycles. The van der Waals surface area contributed by atoms with E-state index < -0.39 is 12.3 Å². The number of carboxylic acids is 1. The first-order valence-corrected chi connectivity index (χ1v) is 13.6. The fourth-order valence-corrected chi connectivity index (χ4v) is 7.32. The summed E-state index contributed by atoms with van der Waals surface area (Å²) in [7, 11) is 1.63. The van der Waals surface area contributed by atoms with Gasteiger partial charge in [-0.3, -0.25) is 9.59 Å². The van der Waals surface area contributed by atoms with E-state index in [2.05, 4.69) is 0 Å². The maximum absolute atomic E-state index is 13.3. The maximum Gasteiger partial charge on any atom is 0.335 e. The highest BCUT2D eigenvalue weighted by Crippen LogP contribution is 2.62. The lowest BCUT2D eigenvalue weighted by Crippen LogP contribution is -2.48. The van der Waals surface area contributed by atoms with Gasteiger partial charge in [-0.25, -0.2) is 4.79 Å². The Balaban J connectivity index is 1.39. The molecule has 202 valence electrons. The molecule has 4 aliphatic carbocycles. The minimum atomic E-state index is -1.06. The van der Waals surface area contributed by atoms with Crippen LogP contribution in [0.3, 0.4) is 0 Å². The van der Waals surface area contributed by atoms with Gasteiger partial charge < -0.3 is 19.3 Å². The zero-order valence-electron chi connectivity index (χ0n) is 22.1. The average Bonchev–Trinajstić information content (AvgIpc) is 2.88. The van der Waals surface area contributed by atoms with E-state index in [9.17, 15) is 14.4 Å². The first kappa shape index (κ1) is 26.6. The molecule has 6 rings (SSSR count). The standard InChI is InChI=1S/C31H36O7/c1-19(37-10-9-36-2)38-29-8-7-25(28(33)15-27(32)23-3-5-24(6-4-23)30(34)35)14-26(29)31-16-20-11-21(17-31)13-22(12-20)18-31/h3-8,14,19-22H,9-13,15-18H2,1-2H3,(H,34,35). The number of carbonyl (C=O) groups excluding carboxylic acids is 2. The van der Waals surface area contributed by atoms with Crippen LogP contribution in [-0.2, 0) is 14.9 Å². The first-order chi connectivity index (χ1) is 18.3. The van der Waals surface area contributed by atoms with Crippen molar-refractivity contribution < 1.29 is 33.7 Å². The van der Waals surface area contributed by atoms with Crippen molar-refractivity contribution in [2.45, 2.75) is 63.6 Å². The van der Waals surface area contributed by atoms with Crippen molar-refractivity contribution in [2.24, 2.45) is 17.8 Å². The molecule has 4 saturated carbocycles. The van der Waals surface area contributed by atoms with E-state index in [-0.39, 0.29) is 29.0 Å². The van der Waals surface area contributed by atoms with Crippen molar-refractivity contribution in [3.05, 3.63) is 64.7 Å². The molecule has 7 heteroatoms. The molecule has 2 aromatic carbocycles. The van der Waals surface area contributed by atoms with Gasteiger partial charge in [-0.05, 0) is 98.9 Å². The second kappa shape index (κ2) is 11.0. The summed E-state index contributed by atoms with van der Waals surface area (Å²) in [6.07, 6.45) is 6.51. The summed E-state index contributed by atoms with van der Waals surface area (Å²) >= 11 is 0. The third-order valence-electron chi connectivity index (χ3n) is 8.62. The molecular weight excluding hydrogens is 484 g/mol. The summed E-state index contributed by atoms with van der Waals surface area (Å²) in [5.41, 5.74) is 1.99. The minimum Gasteiger partial charge on any atom is -0.478 e. The van der Waals surface area contributed by atoms with E-state index in [1.807, 2.05) is 19.1 Å². The number of hydrogen-bond acceptors (Lipinski definition) is 6. The highest BCUT2D eigenvalue weighted by molar-refractivity contribution is 6.13. The van der Waals surface area contributed by atoms with Crippen molar-refractivity contribution in [1.29, 1.82) is 0 Å². The van der Waals surface area contributed by atoms with Gasteiger partial charge in [0.25, 0.3) is 0 Å². The Hall–Kier alpha value is -3.03. The summed E-state index contributed by atoms with van der Waals surface area (Å²) in [6.45, 7) is 2.78. The predicted octanol–water partition coefficient (Wildman–Crippen LogP) is 5.70. The van der Waals surface area contributed by atoms with E-state index in [1.54, 1.807) is 13.2 Å². The molecule has 1 atom stereocenters. The van der Waals surface area contributed by atoms with Crippen LogP contribution in [-0.4, -0.2) is 49.3 Å². The van der Waals surface area contributed by atoms with E-state index in [0.717, 1.165) is 48.3 Å². The zero-order chi connectivity index (χ0) is 26.9. The highest BCUT2D eigenvalue weighted by atomic mass is 16.7. The maximum atomic E-state index is 13.3. The molecule has 7 nitrogen and oxygen atoms in total. The van der Waals surface area contributed by atoms with Crippen molar-refractivity contribution in [2.75, 3.05) is 20.3 Å². The summed E-state index contributed by atoms with van der Waals surface area (Å²) in [6, 6.07) is 11.3. The Morgan fingerprint density at radius 2 is 1.42 bits per heavy atom. The van der Waals surface area contributed by atoms with E-state index in [0.29, 0.717) is 24.3 Å². The number of methoxy groups -OCH3 is 1. The fourth-order valence-electron chi connectivity index (χ4n) is 7.32. The molecule has 1 unspecified atom stereocenters. The average molecular weight is 521 g/mol. The molecule has 0 heterocycles. The van der Waals surface area contributed by atoms with Crippen LogP contribution in [0.25, 0.3) is 0 Å². The van der Waals surface area contributed by atoms with Gasteiger partial charge in [0.15, 0.2) is 17.9 Å². The molecule has 4 aliphatic rings. The van der Waals surface area contributed by atoms with Gasteiger partial charge >= 0.3 is 5.97 Å². The number of ether oxygens (including phenoxy) is 3. The molecule has 0 radical (unpaired) electrons. The Morgan fingerprint density at radius 3 is 2.00 bits per heavy atom. The number of benzene rings is 2. The number of carbonyl (C=O) groups is 3. The van der Waals surface area contributed by atoms with Crippen LogP contribution >= 0.6 is 0 Å². The first-order valence-electron chi connectivity index (χ1n) is 13.6. The van der Waals surface area contributed by atoms with Gasteiger partial charge in [0, 0.05) is 23.8 Å². The summed E-state index contributed by atoms with van der Waals surface area (Å²) in [5, 5.41) is 9.09. The van der Waals surface area contributed by atoms with Crippen LogP contribution in [0.2, 0.25) is 0 Å². The molecule has 4 fully saturated rings. The summed E-state index contributed by atoms with van der Waals surface area (Å²) in [4.78, 5) is 37.2. The minimum absolute atomic E-state index is 0.0106. The number of hydrogen-bond donors (Lipinski definition) is 1. The van der Waals surface area contributed by atoms with Crippen LogP contribution in [0.4, 0.5) is 0 Å². The third-order valence-corrected chi connectivity index (χ3v) is 8.62. The SMILES string of the molecule is COCCOC(C)Oc1ccc(C(=O)CC(=O)c2ccc(C(=O)O)cc2)cc1C12CC3CC(CC(C3)C1)C2. The highest BCUT2D eigenvalue weighted by Gasteiger charge is 2.52.